The fourth-order valence-electron chi connectivity index (χ4n) is 1.93. The monoisotopic (exact) mass is 309 g/mol. The first-order valence-electron chi connectivity index (χ1n) is 5.34. The maximum absolute atomic E-state index is 10.9. The molecule has 0 spiro atoms. The normalized spacial score (nSPS) is 10.7. The molecule has 0 aliphatic rings. The van der Waals surface area contributed by atoms with Crippen LogP contribution in [-0.4, -0.2) is 25.8 Å². The third-order valence-electron chi connectivity index (χ3n) is 2.63. The first-order chi connectivity index (χ1) is 8.40. The molecule has 0 radical (unpaired) electrons. The lowest BCUT2D eigenvalue weighted by Gasteiger charge is -2.11. The molecule has 18 heavy (non-hydrogen) atoms. The second-order valence-corrected chi connectivity index (χ2v) is 5.00. The van der Waals surface area contributed by atoms with E-state index in [0.29, 0.717) is 5.82 Å². The van der Waals surface area contributed by atoms with Gasteiger partial charge < -0.3 is 5.11 Å². The van der Waals surface area contributed by atoms with Crippen LogP contribution in [-0.2, 0) is 0 Å². The van der Waals surface area contributed by atoms with E-state index in [1.807, 2.05) is 26.0 Å². The molecule has 2 rings (SSSR count). The number of aromatic nitrogens is 3. The summed E-state index contributed by atoms with van der Waals surface area (Å²) in [4.78, 5) is 14.8. The van der Waals surface area contributed by atoms with Crippen molar-refractivity contribution in [2.75, 3.05) is 0 Å². The number of carbonyl (C=O) groups is 1. The lowest BCUT2D eigenvalue weighted by Crippen LogP contribution is -2.06. The van der Waals surface area contributed by atoms with Gasteiger partial charge in [-0.3, -0.25) is 0 Å². The fourth-order valence-corrected chi connectivity index (χ4v) is 2.62. The van der Waals surface area contributed by atoms with Crippen molar-refractivity contribution in [3.63, 3.8) is 0 Å². The van der Waals surface area contributed by atoms with Gasteiger partial charge in [-0.25, -0.2) is 14.5 Å². The van der Waals surface area contributed by atoms with Gasteiger partial charge in [-0.1, -0.05) is 15.9 Å². The molecule has 1 aromatic heterocycles. The van der Waals surface area contributed by atoms with Crippen molar-refractivity contribution in [1.82, 2.24) is 14.8 Å². The van der Waals surface area contributed by atoms with Gasteiger partial charge in [-0.15, -0.1) is 5.10 Å². The molecule has 94 valence electrons. The molecule has 0 unspecified atom stereocenters. The Morgan fingerprint density at radius 1 is 1.28 bits per heavy atom. The highest BCUT2D eigenvalue weighted by atomic mass is 79.9. The number of carboxylic acid groups (broad SMARTS) is 1. The van der Waals surface area contributed by atoms with Crippen LogP contribution in [0.3, 0.4) is 0 Å². The largest absolute Gasteiger partial charge is 0.475 e. The zero-order valence-electron chi connectivity index (χ0n) is 10.2. The quantitative estimate of drug-likeness (QED) is 0.926. The molecule has 0 aliphatic carbocycles. The minimum atomic E-state index is -1.12. The summed E-state index contributed by atoms with van der Waals surface area (Å²) in [7, 11) is 0. The molecule has 0 amide bonds. The molecule has 2 aromatic rings. The predicted molar refractivity (Wildman–Crippen MR) is 70.2 cm³/mol. The van der Waals surface area contributed by atoms with Crippen molar-refractivity contribution in [2.45, 2.75) is 20.8 Å². The van der Waals surface area contributed by atoms with Gasteiger partial charge in [0, 0.05) is 4.47 Å². The fraction of sp³-hybridized carbons (Fsp3) is 0.250. The summed E-state index contributed by atoms with van der Waals surface area (Å²) in [5.41, 5.74) is 2.88. The lowest BCUT2D eigenvalue weighted by atomic mass is 10.1. The lowest BCUT2D eigenvalue weighted by molar-refractivity contribution is 0.0683. The molecular weight excluding hydrogens is 298 g/mol. The standard InChI is InChI=1S/C12H12BrN3O2/c1-6-4-9(13)5-7(2)10(6)16-8(3)14-11(15-16)12(17)18/h4-5H,1-3H3,(H,17,18). The summed E-state index contributed by atoms with van der Waals surface area (Å²) in [6.45, 7) is 5.64. The summed E-state index contributed by atoms with van der Waals surface area (Å²) >= 11 is 3.43. The average Bonchev–Trinajstić information content (AvgIpc) is 2.59. The first-order valence-corrected chi connectivity index (χ1v) is 6.13. The van der Waals surface area contributed by atoms with E-state index in [1.165, 1.54) is 0 Å². The molecule has 1 heterocycles. The highest BCUT2D eigenvalue weighted by Gasteiger charge is 2.16. The molecular formula is C12H12BrN3O2. The van der Waals surface area contributed by atoms with Crippen LogP contribution < -0.4 is 0 Å². The van der Waals surface area contributed by atoms with E-state index in [4.69, 9.17) is 5.11 Å². The van der Waals surface area contributed by atoms with E-state index in [0.717, 1.165) is 21.3 Å². The Bertz CT molecular complexity index is 611. The number of carboxylic acids is 1. The van der Waals surface area contributed by atoms with E-state index in [1.54, 1.807) is 11.6 Å². The number of hydrogen-bond donors (Lipinski definition) is 1. The van der Waals surface area contributed by atoms with Crippen LogP contribution in [0.25, 0.3) is 5.69 Å². The Morgan fingerprint density at radius 2 is 1.83 bits per heavy atom. The van der Waals surface area contributed by atoms with Crippen molar-refractivity contribution in [3.8, 4) is 5.69 Å². The number of rotatable bonds is 2. The van der Waals surface area contributed by atoms with Gasteiger partial charge in [-0.2, -0.15) is 0 Å². The van der Waals surface area contributed by atoms with Gasteiger partial charge in [-0.05, 0) is 44.0 Å². The van der Waals surface area contributed by atoms with E-state index in [2.05, 4.69) is 26.0 Å². The van der Waals surface area contributed by atoms with Crippen molar-refractivity contribution in [3.05, 3.63) is 39.4 Å². The van der Waals surface area contributed by atoms with Gasteiger partial charge in [0.25, 0.3) is 5.82 Å². The van der Waals surface area contributed by atoms with Gasteiger partial charge in [0.15, 0.2) is 0 Å². The van der Waals surface area contributed by atoms with Crippen LogP contribution in [0, 0.1) is 20.8 Å². The molecule has 6 heteroatoms. The van der Waals surface area contributed by atoms with Crippen LogP contribution >= 0.6 is 15.9 Å². The molecule has 0 saturated heterocycles. The summed E-state index contributed by atoms with van der Waals surface area (Å²) < 4.78 is 2.55. The molecule has 0 atom stereocenters. The van der Waals surface area contributed by atoms with Gasteiger partial charge in [0.1, 0.15) is 5.82 Å². The summed E-state index contributed by atoms with van der Waals surface area (Å²) in [6.07, 6.45) is 0. The number of nitrogens with zero attached hydrogens (tertiary/aromatic N) is 3. The maximum atomic E-state index is 10.9. The van der Waals surface area contributed by atoms with Gasteiger partial charge in [0.2, 0.25) is 0 Å². The molecule has 1 aromatic carbocycles. The minimum absolute atomic E-state index is 0.186. The van der Waals surface area contributed by atoms with E-state index < -0.39 is 5.97 Å². The van der Waals surface area contributed by atoms with Crippen LogP contribution in [0.15, 0.2) is 16.6 Å². The molecule has 0 aliphatic heterocycles. The van der Waals surface area contributed by atoms with Gasteiger partial charge in [0.05, 0.1) is 5.69 Å². The highest BCUT2D eigenvalue weighted by Crippen LogP contribution is 2.24. The zero-order valence-corrected chi connectivity index (χ0v) is 11.8. The van der Waals surface area contributed by atoms with Crippen LogP contribution in [0.2, 0.25) is 0 Å². The van der Waals surface area contributed by atoms with E-state index >= 15 is 0 Å². The number of aromatic carboxylic acids is 1. The molecule has 0 fully saturated rings. The topological polar surface area (TPSA) is 68.0 Å². The van der Waals surface area contributed by atoms with Crippen LogP contribution in [0.4, 0.5) is 0 Å². The smallest absolute Gasteiger partial charge is 0.375 e. The number of aryl methyl sites for hydroxylation is 3. The Balaban J connectivity index is 2.66. The van der Waals surface area contributed by atoms with Gasteiger partial charge >= 0.3 is 5.97 Å². The van der Waals surface area contributed by atoms with Crippen LogP contribution in [0.5, 0.6) is 0 Å². The third kappa shape index (κ3) is 2.15. The van der Waals surface area contributed by atoms with E-state index in [-0.39, 0.29) is 5.82 Å². The minimum Gasteiger partial charge on any atom is -0.475 e. The second kappa shape index (κ2) is 4.53. The number of hydrogen-bond acceptors (Lipinski definition) is 3. The Morgan fingerprint density at radius 3 is 2.28 bits per heavy atom. The molecule has 0 saturated carbocycles. The highest BCUT2D eigenvalue weighted by molar-refractivity contribution is 9.10. The first kappa shape index (κ1) is 12.8. The average molecular weight is 310 g/mol. The van der Waals surface area contributed by atoms with Crippen molar-refractivity contribution < 1.29 is 9.90 Å². The summed E-state index contributed by atoms with van der Waals surface area (Å²) in [5, 5.41) is 12.9. The summed E-state index contributed by atoms with van der Waals surface area (Å²) in [5.74, 6) is -0.751. The van der Waals surface area contributed by atoms with Crippen molar-refractivity contribution >= 4 is 21.9 Å². The Hall–Kier alpha value is -1.69. The van der Waals surface area contributed by atoms with Crippen LogP contribution in [0.1, 0.15) is 27.6 Å². The SMILES string of the molecule is Cc1cc(Br)cc(C)c1-n1nc(C(=O)O)nc1C. The van der Waals surface area contributed by atoms with Crippen molar-refractivity contribution in [1.29, 1.82) is 0 Å². The van der Waals surface area contributed by atoms with Crippen molar-refractivity contribution in [2.24, 2.45) is 0 Å². The Labute approximate surface area is 113 Å². The summed E-state index contributed by atoms with van der Waals surface area (Å²) in [6, 6.07) is 3.92. The van der Waals surface area contributed by atoms with E-state index in [9.17, 15) is 4.79 Å². The second-order valence-electron chi connectivity index (χ2n) is 4.09. The molecule has 1 N–H and O–H groups in total. The molecule has 0 bridgehead atoms. The Kier molecular flexibility index (Phi) is 3.21. The zero-order chi connectivity index (χ0) is 13.4. The maximum Gasteiger partial charge on any atom is 0.375 e. The number of benzene rings is 1. The molecule has 5 nitrogen and oxygen atoms in total. The predicted octanol–water partition coefficient (Wildman–Crippen LogP) is 2.65. The third-order valence-corrected chi connectivity index (χ3v) is 3.09. The number of halogens is 1.